The number of rotatable bonds is 8. The van der Waals surface area contributed by atoms with E-state index < -0.39 is 5.97 Å². The van der Waals surface area contributed by atoms with Crippen molar-refractivity contribution in [3.63, 3.8) is 0 Å². The van der Waals surface area contributed by atoms with Crippen LogP contribution < -0.4 is 44.7 Å². The van der Waals surface area contributed by atoms with Crippen LogP contribution in [0, 0.1) is 0 Å². The van der Waals surface area contributed by atoms with Crippen molar-refractivity contribution in [1.29, 1.82) is 0 Å². The van der Waals surface area contributed by atoms with Gasteiger partial charge in [-0.15, -0.1) is 0 Å². The Morgan fingerprint density at radius 1 is 0.852 bits per heavy atom. The monoisotopic (exact) mass is 369 g/mol. The maximum atomic E-state index is 10.5. The molecular formula is C22H20NNaO3. The number of aryl methyl sites for hydroxylation is 1. The maximum Gasteiger partial charge on any atom is 1.00 e. The number of carboxylic acid groups (broad SMARTS) is 1. The van der Waals surface area contributed by atoms with Gasteiger partial charge in [0.05, 0.1) is 0 Å². The van der Waals surface area contributed by atoms with Gasteiger partial charge in [-0.3, -0.25) is 0 Å². The molecule has 1 N–H and O–H groups in total. The van der Waals surface area contributed by atoms with Crippen molar-refractivity contribution < 1.29 is 44.2 Å². The summed E-state index contributed by atoms with van der Waals surface area (Å²) in [6.45, 7) is 0.671. The summed E-state index contributed by atoms with van der Waals surface area (Å²) in [6, 6.07) is 25.4. The van der Waals surface area contributed by atoms with E-state index in [2.05, 4.69) is 5.32 Å². The summed E-state index contributed by atoms with van der Waals surface area (Å²) < 4.78 is 5.85. The number of hydrogen-bond donors (Lipinski definition) is 1. The van der Waals surface area contributed by atoms with Crippen LogP contribution in [0.3, 0.4) is 0 Å². The molecule has 0 radical (unpaired) electrons. The molecular weight excluding hydrogens is 349 g/mol. The maximum absolute atomic E-state index is 10.5. The van der Waals surface area contributed by atoms with Crippen molar-refractivity contribution in [2.45, 2.75) is 19.4 Å². The van der Waals surface area contributed by atoms with Crippen molar-refractivity contribution >= 4 is 11.7 Å². The number of aliphatic carboxylic acids is 1. The summed E-state index contributed by atoms with van der Waals surface area (Å²) >= 11 is 0. The van der Waals surface area contributed by atoms with Gasteiger partial charge in [0.15, 0.2) is 0 Å². The van der Waals surface area contributed by atoms with Gasteiger partial charge in [-0.25, -0.2) is 0 Å². The molecule has 3 rings (SSSR count). The van der Waals surface area contributed by atoms with Gasteiger partial charge in [-0.2, -0.15) is 0 Å². The number of carbonyl (C=O) groups is 1. The SMILES string of the molecule is O=C([O-])CCc1ccc(NCc2cccc(Oc3ccccc3)c2)cc1.[Na+]. The zero-order valence-corrected chi connectivity index (χ0v) is 17.4. The first-order valence-electron chi connectivity index (χ1n) is 8.53. The van der Waals surface area contributed by atoms with E-state index in [4.69, 9.17) is 4.74 Å². The summed E-state index contributed by atoms with van der Waals surface area (Å²) in [4.78, 5) is 10.5. The smallest absolute Gasteiger partial charge is 0.550 e. The second kappa shape index (κ2) is 10.8. The van der Waals surface area contributed by atoms with E-state index in [1.807, 2.05) is 78.9 Å². The van der Waals surface area contributed by atoms with Gasteiger partial charge in [0.1, 0.15) is 11.5 Å². The number of benzene rings is 3. The molecule has 0 heterocycles. The molecule has 0 amide bonds. The first kappa shape index (κ1) is 21.0. The second-order valence-corrected chi connectivity index (χ2v) is 5.99. The molecule has 4 nitrogen and oxygen atoms in total. The predicted octanol–water partition coefficient (Wildman–Crippen LogP) is 0.777. The molecule has 0 aliphatic carbocycles. The summed E-state index contributed by atoms with van der Waals surface area (Å²) in [5, 5.41) is 13.9. The van der Waals surface area contributed by atoms with Crippen molar-refractivity contribution in [3.05, 3.63) is 90.0 Å². The van der Waals surface area contributed by atoms with E-state index in [1.54, 1.807) is 0 Å². The van der Waals surface area contributed by atoms with E-state index >= 15 is 0 Å². The Kier molecular flexibility index (Phi) is 8.40. The molecule has 0 aliphatic heterocycles. The zero-order valence-electron chi connectivity index (χ0n) is 15.4. The third kappa shape index (κ3) is 7.10. The first-order valence-corrected chi connectivity index (χ1v) is 8.53. The molecule has 27 heavy (non-hydrogen) atoms. The average Bonchev–Trinajstić information content (AvgIpc) is 2.67. The molecule has 5 heteroatoms. The van der Waals surface area contributed by atoms with Gasteiger partial charge >= 0.3 is 29.6 Å². The van der Waals surface area contributed by atoms with Crippen molar-refractivity contribution in [1.82, 2.24) is 0 Å². The molecule has 0 aliphatic rings. The van der Waals surface area contributed by atoms with Crippen LogP contribution in [0.5, 0.6) is 11.5 Å². The standard InChI is InChI=1S/C22H21NO3.Na/c24-22(25)14-11-17-9-12-19(13-10-17)23-16-18-5-4-8-21(15-18)26-20-6-2-1-3-7-20;/h1-10,12-13,15,23H,11,14,16H2,(H,24,25);/q;+1/p-1. The fraction of sp³-hybridized carbons (Fsp3) is 0.136. The van der Waals surface area contributed by atoms with Crippen molar-refractivity contribution in [3.8, 4) is 11.5 Å². The van der Waals surface area contributed by atoms with Crippen LogP contribution in [0.1, 0.15) is 17.5 Å². The summed E-state index contributed by atoms with van der Waals surface area (Å²) in [5.74, 6) is 0.586. The first-order chi connectivity index (χ1) is 12.7. The molecule has 132 valence electrons. The molecule has 0 fully saturated rings. The van der Waals surface area contributed by atoms with E-state index in [9.17, 15) is 9.90 Å². The quantitative estimate of drug-likeness (QED) is 0.596. The molecule has 0 atom stereocenters. The number of hydrogen-bond acceptors (Lipinski definition) is 4. The van der Waals surface area contributed by atoms with Crippen molar-refractivity contribution in [2.75, 3.05) is 5.32 Å². The van der Waals surface area contributed by atoms with Crippen LogP contribution in [0.15, 0.2) is 78.9 Å². The third-order valence-corrected chi connectivity index (χ3v) is 3.95. The fourth-order valence-electron chi connectivity index (χ4n) is 2.58. The van der Waals surface area contributed by atoms with Crippen LogP contribution in [-0.4, -0.2) is 5.97 Å². The van der Waals surface area contributed by atoms with Gasteiger partial charge in [-0.1, -0.05) is 42.5 Å². The number of para-hydroxylation sites is 1. The fourth-order valence-corrected chi connectivity index (χ4v) is 2.58. The molecule has 3 aromatic carbocycles. The molecule has 0 saturated heterocycles. The van der Waals surface area contributed by atoms with Gasteiger partial charge in [-0.05, 0) is 60.4 Å². The van der Waals surface area contributed by atoms with Gasteiger partial charge in [0, 0.05) is 18.2 Å². The third-order valence-electron chi connectivity index (χ3n) is 3.95. The van der Waals surface area contributed by atoms with Gasteiger partial charge < -0.3 is 20.0 Å². The molecule has 0 spiro atoms. The number of anilines is 1. The number of nitrogens with one attached hydrogen (secondary N) is 1. The Labute approximate surface area is 181 Å². The Morgan fingerprint density at radius 3 is 2.26 bits per heavy atom. The minimum atomic E-state index is -1.02. The Morgan fingerprint density at radius 2 is 1.56 bits per heavy atom. The molecule has 0 aromatic heterocycles. The van der Waals surface area contributed by atoms with Gasteiger partial charge in [0.2, 0.25) is 0 Å². The van der Waals surface area contributed by atoms with E-state index in [0.29, 0.717) is 13.0 Å². The topological polar surface area (TPSA) is 61.4 Å². The Hall–Kier alpha value is -2.27. The van der Waals surface area contributed by atoms with Crippen LogP contribution in [-0.2, 0) is 17.8 Å². The number of carboxylic acids is 1. The second-order valence-electron chi connectivity index (χ2n) is 5.99. The average molecular weight is 369 g/mol. The summed E-state index contributed by atoms with van der Waals surface area (Å²) in [7, 11) is 0. The molecule has 0 unspecified atom stereocenters. The van der Waals surface area contributed by atoms with Crippen LogP contribution >= 0.6 is 0 Å². The summed E-state index contributed by atoms with van der Waals surface area (Å²) in [6.07, 6.45) is 0.530. The molecule has 3 aromatic rings. The van der Waals surface area contributed by atoms with Crippen LogP contribution in [0.25, 0.3) is 0 Å². The predicted molar refractivity (Wildman–Crippen MR) is 100 cm³/mol. The minimum Gasteiger partial charge on any atom is -0.550 e. The van der Waals surface area contributed by atoms with E-state index in [-0.39, 0.29) is 36.0 Å². The van der Waals surface area contributed by atoms with E-state index in [0.717, 1.165) is 28.3 Å². The largest absolute Gasteiger partial charge is 1.00 e. The normalized spacial score (nSPS) is 9.93. The number of carbonyl (C=O) groups excluding carboxylic acids is 1. The van der Waals surface area contributed by atoms with E-state index in [1.165, 1.54) is 0 Å². The number of ether oxygens (including phenoxy) is 1. The Balaban J connectivity index is 0.00000261. The molecule has 0 saturated carbocycles. The molecule has 0 bridgehead atoms. The minimum absolute atomic E-state index is 0. The van der Waals surface area contributed by atoms with Crippen LogP contribution in [0.4, 0.5) is 5.69 Å². The van der Waals surface area contributed by atoms with Crippen LogP contribution in [0.2, 0.25) is 0 Å². The zero-order chi connectivity index (χ0) is 18.2. The Bertz CT molecular complexity index is 851. The van der Waals surface area contributed by atoms with Gasteiger partial charge in [0.25, 0.3) is 0 Å². The van der Waals surface area contributed by atoms with Crippen molar-refractivity contribution in [2.24, 2.45) is 0 Å². The summed E-state index contributed by atoms with van der Waals surface area (Å²) in [5.41, 5.74) is 3.08.